The van der Waals surface area contributed by atoms with Crippen LogP contribution >= 0.6 is 15.9 Å². The van der Waals surface area contributed by atoms with Crippen molar-refractivity contribution in [3.05, 3.63) is 28.7 Å². The van der Waals surface area contributed by atoms with Gasteiger partial charge in [0.25, 0.3) is 0 Å². The van der Waals surface area contributed by atoms with Gasteiger partial charge in [-0.05, 0) is 44.5 Å². The van der Waals surface area contributed by atoms with Gasteiger partial charge in [-0.3, -0.25) is 0 Å². The van der Waals surface area contributed by atoms with Gasteiger partial charge in [-0.25, -0.2) is 0 Å². The molecule has 0 aliphatic heterocycles. The maximum Gasteiger partial charge on any atom is 0.120 e. The molecule has 1 aromatic rings. The molecule has 1 unspecified atom stereocenters. The third-order valence-corrected chi connectivity index (χ3v) is 3.57. The summed E-state index contributed by atoms with van der Waals surface area (Å²) in [6.45, 7) is 8.50. The molecule has 102 valence electrons. The van der Waals surface area contributed by atoms with Gasteiger partial charge in [0, 0.05) is 17.1 Å². The highest BCUT2D eigenvalue weighted by Gasteiger charge is 2.10. The van der Waals surface area contributed by atoms with Gasteiger partial charge < -0.3 is 9.64 Å². The molecule has 0 bridgehead atoms. The fraction of sp³-hybridized carbons (Fsp3) is 0.600. The second-order valence-corrected chi connectivity index (χ2v) is 6.18. The molecule has 0 saturated carbocycles. The van der Waals surface area contributed by atoms with Gasteiger partial charge in [0.1, 0.15) is 12.4 Å². The van der Waals surface area contributed by atoms with E-state index < -0.39 is 0 Å². The highest BCUT2D eigenvalue weighted by Crippen LogP contribution is 2.17. The molecule has 3 heteroatoms. The van der Waals surface area contributed by atoms with E-state index in [2.05, 4.69) is 48.6 Å². The van der Waals surface area contributed by atoms with Crippen LogP contribution in [0.25, 0.3) is 0 Å². The van der Waals surface area contributed by atoms with Crippen molar-refractivity contribution in [1.82, 2.24) is 4.90 Å². The van der Waals surface area contributed by atoms with Crippen molar-refractivity contribution >= 4 is 15.9 Å². The molecule has 0 N–H and O–H groups in total. The molecule has 1 aromatic carbocycles. The lowest BCUT2D eigenvalue weighted by Gasteiger charge is -2.26. The molecule has 18 heavy (non-hydrogen) atoms. The molecular weight excluding hydrogens is 290 g/mol. The third kappa shape index (κ3) is 5.87. The molecule has 2 nitrogen and oxygen atoms in total. The van der Waals surface area contributed by atoms with Gasteiger partial charge in [-0.15, -0.1) is 0 Å². The summed E-state index contributed by atoms with van der Waals surface area (Å²) in [5.74, 6) is 1.67. The lowest BCUT2D eigenvalue weighted by atomic mass is 10.0. The monoisotopic (exact) mass is 313 g/mol. The standard InChI is InChI=1S/C15H24BrNO/c1-12(2)10-13(3)17(4)8-9-18-15-7-5-6-14(16)11-15/h5-7,11-13H,8-10H2,1-4H3. The Bertz CT molecular complexity index is 354. The molecule has 0 spiro atoms. The van der Waals surface area contributed by atoms with E-state index in [1.54, 1.807) is 0 Å². The maximum absolute atomic E-state index is 5.74. The Labute approximate surface area is 119 Å². The summed E-state index contributed by atoms with van der Waals surface area (Å²) < 4.78 is 6.80. The maximum atomic E-state index is 5.74. The average molecular weight is 314 g/mol. The summed E-state index contributed by atoms with van der Waals surface area (Å²) >= 11 is 3.44. The first-order valence-electron chi connectivity index (χ1n) is 6.57. The summed E-state index contributed by atoms with van der Waals surface area (Å²) in [6, 6.07) is 8.59. The van der Waals surface area contributed by atoms with Gasteiger partial charge in [0.05, 0.1) is 0 Å². The zero-order valence-corrected chi connectivity index (χ0v) is 13.4. The van der Waals surface area contributed by atoms with Crippen LogP contribution < -0.4 is 4.74 Å². The number of likely N-dealkylation sites (N-methyl/N-ethyl adjacent to an activating group) is 1. The summed E-state index contributed by atoms with van der Waals surface area (Å²) in [5.41, 5.74) is 0. The minimum atomic E-state index is 0.608. The molecule has 0 radical (unpaired) electrons. The Hall–Kier alpha value is -0.540. The van der Waals surface area contributed by atoms with E-state index in [9.17, 15) is 0 Å². The molecule has 0 fully saturated rings. The first-order valence-corrected chi connectivity index (χ1v) is 7.37. The molecule has 1 atom stereocenters. The van der Waals surface area contributed by atoms with Crippen LogP contribution in [0.2, 0.25) is 0 Å². The van der Waals surface area contributed by atoms with E-state index in [1.165, 1.54) is 6.42 Å². The van der Waals surface area contributed by atoms with E-state index in [-0.39, 0.29) is 0 Å². The van der Waals surface area contributed by atoms with Crippen LogP contribution in [0.3, 0.4) is 0 Å². The first kappa shape index (κ1) is 15.5. The highest BCUT2D eigenvalue weighted by atomic mass is 79.9. The minimum absolute atomic E-state index is 0.608. The van der Waals surface area contributed by atoms with Crippen LogP contribution in [0.1, 0.15) is 27.2 Å². The van der Waals surface area contributed by atoms with E-state index in [0.717, 1.165) is 29.3 Å². The van der Waals surface area contributed by atoms with Gasteiger partial charge in [-0.2, -0.15) is 0 Å². The fourth-order valence-corrected chi connectivity index (χ4v) is 2.33. The molecule has 0 saturated heterocycles. The normalized spacial score (nSPS) is 13.1. The van der Waals surface area contributed by atoms with Crippen molar-refractivity contribution < 1.29 is 4.74 Å². The van der Waals surface area contributed by atoms with Crippen LogP contribution in [0.5, 0.6) is 5.75 Å². The van der Waals surface area contributed by atoms with Crippen molar-refractivity contribution in [2.75, 3.05) is 20.2 Å². The molecular formula is C15H24BrNO. The molecule has 1 rings (SSSR count). The van der Waals surface area contributed by atoms with Crippen LogP contribution in [0.15, 0.2) is 28.7 Å². The lowest BCUT2D eigenvalue weighted by Crippen LogP contribution is -2.33. The second-order valence-electron chi connectivity index (χ2n) is 5.27. The van der Waals surface area contributed by atoms with Gasteiger partial charge in [0.15, 0.2) is 0 Å². The average Bonchev–Trinajstić information content (AvgIpc) is 2.28. The Morgan fingerprint density at radius 1 is 1.28 bits per heavy atom. The van der Waals surface area contributed by atoms with Crippen molar-refractivity contribution in [2.45, 2.75) is 33.2 Å². The summed E-state index contributed by atoms with van der Waals surface area (Å²) in [7, 11) is 2.16. The van der Waals surface area contributed by atoms with Crippen LogP contribution in [-0.4, -0.2) is 31.1 Å². The number of hydrogen-bond donors (Lipinski definition) is 0. The topological polar surface area (TPSA) is 12.5 Å². The Morgan fingerprint density at radius 3 is 2.61 bits per heavy atom. The van der Waals surface area contributed by atoms with Crippen LogP contribution in [0, 0.1) is 5.92 Å². The van der Waals surface area contributed by atoms with Crippen LogP contribution in [0.4, 0.5) is 0 Å². The predicted octanol–water partition coefficient (Wildman–Crippen LogP) is 4.19. The smallest absolute Gasteiger partial charge is 0.120 e. The number of benzene rings is 1. The Kier molecular flexibility index (Phi) is 6.72. The molecule has 0 aromatic heterocycles. The zero-order valence-electron chi connectivity index (χ0n) is 11.8. The van der Waals surface area contributed by atoms with E-state index in [0.29, 0.717) is 6.04 Å². The van der Waals surface area contributed by atoms with E-state index in [1.807, 2.05) is 24.3 Å². The fourth-order valence-electron chi connectivity index (χ4n) is 1.95. The summed E-state index contributed by atoms with van der Waals surface area (Å²) in [5, 5.41) is 0. The third-order valence-electron chi connectivity index (χ3n) is 3.07. The number of nitrogens with zero attached hydrogens (tertiary/aromatic N) is 1. The van der Waals surface area contributed by atoms with Gasteiger partial charge in [0.2, 0.25) is 0 Å². The zero-order chi connectivity index (χ0) is 13.5. The predicted molar refractivity (Wildman–Crippen MR) is 81.2 cm³/mol. The Balaban J connectivity index is 2.29. The van der Waals surface area contributed by atoms with Crippen molar-refractivity contribution in [1.29, 1.82) is 0 Å². The van der Waals surface area contributed by atoms with Crippen molar-refractivity contribution in [3.63, 3.8) is 0 Å². The van der Waals surface area contributed by atoms with Gasteiger partial charge >= 0.3 is 0 Å². The minimum Gasteiger partial charge on any atom is -0.492 e. The van der Waals surface area contributed by atoms with E-state index in [4.69, 9.17) is 4.74 Å². The van der Waals surface area contributed by atoms with Crippen LogP contribution in [-0.2, 0) is 0 Å². The number of halogens is 1. The largest absolute Gasteiger partial charge is 0.492 e. The summed E-state index contributed by atoms with van der Waals surface area (Å²) in [4.78, 5) is 2.36. The first-order chi connectivity index (χ1) is 8.49. The lowest BCUT2D eigenvalue weighted by molar-refractivity contribution is 0.184. The highest BCUT2D eigenvalue weighted by molar-refractivity contribution is 9.10. The number of hydrogen-bond acceptors (Lipinski definition) is 2. The Morgan fingerprint density at radius 2 is 2.00 bits per heavy atom. The number of ether oxygens (including phenoxy) is 1. The quantitative estimate of drug-likeness (QED) is 0.748. The molecule has 0 aliphatic rings. The van der Waals surface area contributed by atoms with Crippen molar-refractivity contribution in [3.8, 4) is 5.75 Å². The molecule has 0 aliphatic carbocycles. The SMILES string of the molecule is CC(C)CC(C)N(C)CCOc1cccc(Br)c1. The second kappa shape index (κ2) is 7.80. The number of rotatable bonds is 7. The van der Waals surface area contributed by atoms with E-state index >= 15 is 0 Å². The van der Waals surface area contributed by atoms with Crippen molar-refractivity contribution in [2.24, 2.45) is 5.92 Å². The summed E-state index contributed by atoms with van der Waals surface area (Å²) in [6.07, 6.45) is 1.23. The molecule has 0 heterocycles. The van der Waals surface area contributed by atoms with Gasteiger partial charge in [-0.1, -0.05) is 35.8 Å². The molecule has 0 amide bonds.